The summed E-state index contributed by atoms with van der Waals surface area (Å²) in [6, 6.07) is 5.59. The van der Waals surface area contributed by atoms with Gasteiger partial charge in [-0.15, -0.1) is 11.8 Å². The highest BCUT2D eigenvalue weighted by Crippen LogP contribution is 2.29. The number of anilines is 2. The van der Waals surface area contributed by atoms with E-state index in [-0.39, 0.29) is 5.91 Å². The Morgan fingerprint density at radius 1 is 1.36 bits per heavy atom. The zero-order valence-electron chi connectivity index (χ0n) is 12.7. The molecule has 1 rings (SSSR count). The molecule has 0 aromatic heterocycles. The molecule has 0 aliphatic rings. The van der Waals surface area contributed by atoms with Crippen molar-refractivity contribution < 1.29 is 14.7 Å². The van der Waals surface area contributed by atoms with Crippen LogP contribution in [0.3, 0.4) is 0 Å². The molecule has 2 amide bonds. The van der Waals surface area contributed by atoms with Crippen LogP contribution in [0.1, 0.15) is 20.8 Å². The van der Waals surface area contributed by atoms with Crippen molar-refractivity contribution in [3.8, 4) is 0 Å². The molecule has 0 radical (unpaired) electrons. The lowest BCUT2D eigenvalue weighted by Crippen LogP contribution is -2.21. The summed E-state index contributed by atoms with van der Waals surface area (Å²) < 4.78 is 0. The Morgan fingerprint density at radius 3 is 2.68 bits per heavy atom. The maximum Gasteiger partial charge on any atom is 0.432 e. The monoisotopic (exact) mass is 324 g/mol. The molecule has 0 saturated heterocycles. The van der Waals surface area contributed by atoms with E-state index in [2.05, 4.69) is 35.0 Å². The highest BCUT2D eigenvalue weighted by molar-refractivity contribution is 7.99. The summed E-state index contributed by atoms with van der Waals surface area (Å²) in [6.07, 6.45) is -0.272. The molecule has 8 heteroatoms. The minimum absolute atomic E-state index is 0.190. The number of carbonyl (C=O) groups is 2. The van der Waals surface area contributed by atoms with Crippen LogP contribution in [0, 0.1) is 5.92 Å². The van der Waals surface area contributed by atoms with E-state index in [1.807, 2.05) is 12.1 Å². The number of aliphatic imine (C=N–C) groups is 1. The van der Waals surface area contributed by atoms with Gasteiger partial charge in [0.2, 0.25) is 5.91 Å². The van der Waals surface area contributed by atoms with Gasteiger partial charge in [-0.05, 0) is 24.1 Å². The van der Waals surface area contributed by atoms with Gasteiger partial charge >= 0.3 is 6.09 Å². The van der Waals surface area contributed by atoms with Gasteiger partial charge in [0.1, 0.15) is 6.34 Å². The third-order valence-corrected chi connectivity index (χ3v) is 3.75. The van der Waals surface area contributed by atoms with E-state index >= 15 is 0 Å². The maximum absolute atomic E-state index is 11.2. The lowest BCUT2D eigenvalue weighted by atomic mass is 10.2. The first-order valence-corrected chi connectivity index (χ1v) is 7.68. The fraction of sp³-hybridized carbons (Fsp3) is 0.357. The number of rotatable bonds is 7. The van der Waals surface area contributed by atoms with Crippen molar-refractivity contribution in [1.29, 1.82) is 0 Å². The number of carboxylic acid groups (broad SMARTS) is 1. The Morgan fingerprint density at radius 2 is 2.09 bits per heavy atom. The van der Waals surface area contributed by atoms with Crippen molar-refractivity contribution in [2.24, 2.45) is 10.9 Å². The Hall–Kier alpha value is -2.22. The first-order chi connectivity index (χ1) is 10.4. The smallest absolute Gasteiger partial charge is 0.432 e. The van der Waals surface area contributed by atoms with Crippen molar-refractivity contribution in [2.75, 3.05) is 16.5 Å². The summed E-state index contributed by atoms with van der Waals surface area (Å²) in [5.74, 6) is 1.36. The number of nitrogens with zero attached hydrogens (tertiary/aromatic N) is 1. The number of thioether (sulfide) groups is 1. The van der Waals surface area contributed by atoms with Crippen LogP contribution in [0.5, 0.6) is 0 Å². The number of carbonyl (C=O) groups excluding carboxylic acids is 1. The zero-order chi connectivity index (χ0) is 16.5. The standard InChI is InChI=1S/C14H20N4O3S/c1-9(2)7-22-11-4-5-12(17-10(3)19)13(6-11)18-16-8-15-14(20)21/h4-6,8-9,18H,7H2,1-3H3,(H,15,16)(H,17,19)(H,20,21). The number of hydrogen-bond acceptors (Lipinski definition) is 4. The van der Waals surface area contributed by atoms with E-state index < -0.39 is 6.09 Å². The highest BCUT2D eigenvalue weighted by Gasteiger charge is 2.06. The van der Waals surface area contributed by atoms with Crippen LogP contribution in [-0.4, -0.2) is 29.2 Å². The molecule has 0 spiro atoms. The van der Waals surface area contributed by atoms with Crippen molar-refractivity contribution >= 4 is 41.5 Å². The second-order valence-corrected chi connectivity index (χ2v) is 6.00. The zero-order valence-corrected chi connectivity index (χ0v) is 13.5. The van der Waals surface area contributed by atoms with E-state index in [1.165, 1.54) is 6.92 Å². The van der Waals surface area contributed by atoms with Crippen molar-refractivity contribution in [1.82, 2.24) is 5.43 Å². The molecule has 0 saturated carbocycles. The topological polar surface area (TPSA) is 103 Å². The van der Waals surface area contributed by atoms with Gasteiger partial charge in [0.25, 0.3) is 0 Å². The molecule has 120 valence electrons. The fourth-order valence-corrected chi connectivity index (χ4v) is 2.37. The molecule has 4 N–H and O–H groups in total. The molecular formula is C14H20N4O3S. The summed E-state index contributed by atoms with van der Waals surface area (Å²) in [7, 11) is 0. The molecule has 0 fully saturated rings. The summed E-state index contributed by atoms with van der Waals surface area (Å²) in [5, 5.41) is 11.1. The Kier molecular flexibility index (Phi) is 7.24. The van der Waals surface area contributed by atoms with Gasteiger partial charge in [0, 0.05) is 17.6 Å². The fourth-order valence-electron chi connectivity index (χ4n) is 1.48. The molecule has 0 aliphatic carbocycles. The van der Waals surface area contributed by atoms with Crippen LogP contribution < -0.4 is 16.2 Å². The van der Waals surface area contributed by atoms with Crippen LogP contribution in [0.4, 0.5) is 16.2 Å². The summed E-state index contributed by atoms with van der Waals surface area (Å²) in [6.45, 7) is 5.70. The highest BCUT2D eigenvalue weighted by atomic mass is 32.2. The molecule has 22 heavy (non-hydrogen) atoms. The van der Waals surface area contributed by atoms with Gasteiger partial charge in [0.05, 0.1) is 11.4 Å². The van der Waals surface area contributed by atoms with Crippen LogP contribution in [0.2, 0.25) is 0 Å². The van der Waals surface area contributed by atoms with Gasteiger partial charge < -0.3 is 10.4 Å². The quantitative estimate of drug-likeness (QED) is 0.266. The third kappa shape index (κ3) is 6.98. The molecule has 7 nitrogen and oxygen atoms in total. The summed E-state index contributed by atoms with van der Waals surface area (Å²) in [5.41, 5.74) is 6.59. The second-order valence-electron chi connectivity index (χ2n) is 4.90. The summed E-state index contributed by atoms with van der Waals surface area (Å²) in [4.78, 5) is 25.7. The van der Waals surface area contributed by atoms with Gasteiger partial charge in [-0.2, -0.15) is 4.99 Å². The number of hydrogen-bond donors (Lipinski definition) is 4. The van der Waals surface area contributed by atoms with E-state index in [4.69, 9.17) is 5.11 Å². The SMILES string of the molecule is CC(=O)Nc1ccc(SCC(C)C)cc1NNC=NC(=O)O. The minimum Gasteiger partial charge on any atom is -0.463 e. The maximum atomic E-state index is 11.2. The molecular weight excluding hydrogens is 304 g/mol. The van der Waals surface area contributed by atoms with Crippen LogP contribution >= 0.6 is 11.8 Å². The van der Waals surface area contributed by atoms with Crippen molar-refractivity contribution in [3.05, 3.63) is 18.2 Å². The molecule has 0 unspecified atom stereocenters. The molecule has 1 aromatic rings. The van der Waals surface area contributed by atoms with Crippen molar-refractivity contribution in [2.45, 2.75) is 25.7 Å². The number of amides is 2. The molecule has 0 aliphatic heterocycles. The molecule has 0 heterocycles. The number of benzene rings is 1. The predicted molar refractivity (Wildman–Crippen MR) is 89.6 cm³/mol. The van der Waals surface area contributed by atoms with E-state index in [9.17, 15) is 9.59 Å². The number of hydrazine groups is 1. The lowest BCUT2D eigenvalue weighted by Gasteiger charge is -2.14. The first kappa shape index (κ1) is 17.8. The minimum atomic E-state index is -1.29. The summed E-state index contributed by atoms with van der Waals surface area (Å²) >= 11 is 1.71. The largest absolute Gasteiger partial charge is 0.463 e. The normalized spacial score (nSPS) is 10.7. The second kappa shape index (κ2) is 8.93. The van der Waals surface area contributed by atoms with Crippen LogP contribution in [0.15, 0.2) is 28.1 Å². The third-order valence-electron chi connectivity index (χ3n) is 2.33. The van der Waals surface area contributed by atoms with Crippen molar-refractivity contribution in [3.63, 3.8) is 0 Å². The van der Waals surface area contributed by atoms with Crippen LogP contribution in [-0.2, 0) is 4.79 Å². The van der Waals surface area contributed by atoms with Gasteiger partial charge in [-0.1, -0.05) is 13.8 Å². The van der Waals surface area contributed by atoms with Gasteiger partial charge in [0.15, 0.2) is 0 Å². The predicted octanol–water partition coefficient (Wildman–Crippen LogP) is 3.02. The lowest BCUT2D eigenvalue weighted by molar-refractivity contribution is -0.114. The van der Waals surface area contributed by atoms with E-state index in [1.54, 1.807) is 17.8 Å². The van der Waals surface area contributed by atoms with E-state index in [0.29, 0.717) is 17.3 Å². The Balaban J connectivity index is 2.83. The van der Waals surface area contributed by atoms with Gasteiger partial charge in [-0.3, -0.25) is 15.6 Å². The molecule has 0 bridgehead atoms. The first-order valence-electron chi connectivity index (χ1n) is 6.70. The Labute approximate surface area is 133 Å². The van der Waals surface area contributed by atoms with Crippen LogP contribution in [0.25, 0.3) is 0 Å². The average molecular weight is 324 g/mol. The average Bonchev–Trinajstić information content (AvgIpc) is 2.42. The molecule has 0 atom stereocenters. The van der Waals surface area contributed by atoms with Gasteiger partial charge in [-0.25, -0.2) is 4.79 Å². The number of nitrogens with one attached hydrogen (secondary N) is 3. The van der Waals surface area contributed by atoms with E-state index in [0.717, 1.165) is 17.0 Å². The Bertz CT molecular complexity index is 561. The molecule has 1 aromatic carbocycles.